The minimum atomic E-state index is -0.368. The number of amides is 1. The van der Waals surface area contributed by atoms with Crippen LogP contribution >= 0.6 is 0 Å². The van der Waals surface area contributed by atoms with Crippen molar-refractivity contribution in [3.63, 3.8) is 0 Å². The summed E-state index contributed by atoms with van der Waals surface area (Å²) >= 11 is 0. The fourth-order valence-electron chi connectivity index (χ4n) is 2.85. The third-order valence-electron chi connectivity index (χ3n) is 4.31. The maximum absolute atomic E-state index is 13.4. The lowest BCUT2D eigenvalue weighted by Crippen LogP contribution is -2.27. The highest BCUT2D eigenvalue weighted by molar-refractivity contribution is 5.94. The number of rotatable bonds is 7. The van der Waals surface area contributed by atoms with Gasteiger partial charge in [0.2, 0.25) is 0 Å². The van der Waals surface area contributed by atoms with Crippen LogP contribution in [0.1, 0.15) is 16.8 Å². The number of carbonyl (C=O) groups is 1. The Morgan fingerprint density at radius 3 is 2.57 bits per heavy atom. The van der Waals surface area contributed by atoms with Gasteiger partial charge in [0.1, 0.15) is 5.82 Å². The molecule has 0 atom stereocenters. The second-order valence-electron chi connectivity index (χ2n) is 6.81. The summed E-state index contributed by atoms with van der Waals surface area (Å²) in [6.45, 7) is 1.51. The first-order chi connectivity index (χ1) is 13.4. The van der Waals surface area contributed by atoms with Crippen molar-refractivity contribution in [2.45, 2.75) is 6.42 Å². The fraction of sp³-hybridized carbons (Fsp3) is 0.238. The van der Waals surface area contributed by atoms with E-state index in [1.165, 1.54) is 22.9 Å². The Balaban J connectivity index is 1.72. The van der Waals surface area contributed by atoms with Crippen LogP contribution in [0.3, 0.4) is 0 Å². The highest BCUT2D eigenvalue weighted by Crippen LogP contribution is 2.17. The van der Waals surface area contributed by atoms with Crippen LogP contribution in [-0.2, 0) is 0 Å². The molecule has 0 saturated carbocycles. The molecule has 0 radical (unpaired) electrons. The van der Waals surface area contributed by atoms with E-state index in [2.05, 4.69) is 15.3 Å². The van der Waals surface area contributed by atoms with Gasteiger partial charge in [-0.1, -0.05) is 12.1 Å². The highest BCUT2D eigenvalue weighted by Gasteiger charge is 2.10. The third kappa shape index (κ3) is 4.75. The lowest BCUT2D eigenvalue weighted by Gasteiger charge is -2.10. The monoisotopic (exact) mass is 382 g/mol. The summed E-state index contributed by atoms with van der Waals surface area (Å²) in [5, 5.41) is 5.85. The van der Waals surface area contributed by atoms with E-state index < -0.39 is 0 Å². The number of carbonyl (C=O) groups excluding carboxylic acids is 1. The minimum absolute atomic E-state index is 0.149. The van der Waals surface area contributed by atoms with E-state index in [1.54, 1.807) is 36.4 Å². The Hall–Kier alpha value is -3.19. The molecule has 1 heterocycles. The van der Waals surface area contributed by atoms with Crippen LogP contribution in [0.25, 0.3) is 16.9 Å². The Morgan fingerprint density at radius 1 is 1.14 bits per heavy atom. The zero-order valence-corrected chi connectivity index (χ0v) is 15.9. The summed E-state index contributed by atoms with van der Waals surface area (Å²) in [4.78, 5) is 26.6. The van der Waals surface area contributed by atoms with E-state index >= 15 is 0 Å². The molecule has 3 aromatic rings. The van der Waals surface area contributed by atoms with Crippen molar-refractivity contribution >= 4 is 5.91 Å². The summed E-state index contributed by atoms with van der Waals surface area (Å²) in [6.07, 6.45) is 0.873. The fourth-order valence-corrected chi connectivity index (χ4v) is 2.85. The van der Waals surface area contributed by atoms with Gasteiger partial charge >= 0.3 is 0 Å². The van der Waals surface area contributed by atoms with Gasteiger partial charge in [0.05, 0.1) is 11.4 Å². The molecule has 1 amide bonds. The Kier molecular flexibility index (Phi) is 6.06. The van der Waals surface area contributed by atoms with Crippen molar-refractivity contribution in [3.8, 4) is 16.9 Å². The molecule has 2 N–H and O–H groups in total. The molecule has 0 fully saturated rings. The first-order valence-corrected chi connectivity index (χ1v) is 9.05. The van der Waals surface area contributed by atoms with Crippen LogP contribution in [-0.4, -0.2) is 47.8 Å². The van der Waals surface area contributed by atoms with Gasteiger partial charge in [-0.05, 0) is 63.5 Å². The molecular formula is C21H23FN4O2. The van der Waals surface area contributed by atoms with Gasteiger partial charge in [0, 0.05) is 23.7 Å². The van der Waals surface area contributed by atoms with E-state index in [9.17, 15) is 14.0 Å². The average Bonchev–Trinajstić information content (AvgIpc) is 3.07. The lowest BCUT2D eigenvalue weighted by molar-refractivity contribution is 0.0952. The van der Waals surface area contributed by atoms with Crippen LogP contribution in [0.2, 0.25) is 0 Å². The number of H-pyrrole nitrogens is 1. The molecule has 7 heteroatoms. The smallest absolute Gasteiger partial charge is 0.271 e. The van der Waals surface area contributed by atoms with Crippen LogP contribution in [0.4, 0.5) is 4.39 Å². The standard InChI is InChI=1S/C21H23FN4O2/c1-25(2)12-4-11-23-21(28)15-7-9-18(10-8-15)26-20(27)14-19(24-26)16-5-3-6-17(22)13-16/h3,5-10,13-14,24H,4,11-12H2,1-2H3,(H,23,28). The molecule has 2 aromatic carbocycles. The third-order valence-corrected chi connectivity index (χ3v) is 4.31. The van der Waals surface area contributed by atoms with E-state index in [-0.39, 0.29) is 17.3 Å². The van der Waals surface area contributed by atoms with Crippen LogP contribution in [0.15, 0.2) is 59.4 Å². The molecule has 0 unspecified atom stereocenters. The minimum Gasteiger partial charge on any atom is -0.352 e. The zero-order valence-electron chi connectivity index (χ0n) is 15.9. The first-order valence-electron chi connectivity index (χ1n) is 9.05. The molecule has 0 aliphatic carbocycles. The maximum Gasteiger partial charge on any atom is 0.271 e. The molecule has 0 aliphatic heterocycles. The number of nitrogens with one attached hydrogen (secondary N) is 2. The van der Waals surface area contributed by atoms with Gasteiger partial charge in [-0.3, -0.25) is 14.7 Å². The van der Waals surface area contributed by atoms with Gasteiger partial charge in [0.15, 0.2) is 0 Å². The van der Waals surface area contributed by atoms with Crippen LogP contribution in [0, 0.1) is 5.82 Å². The first kappa shape index (κ1) is 19.6. The second kappa shape index (κ2) is 8.67. The van der Waals surface area contributed by atoms with Gasteiger partial charge < -0.3 is 10.2 Å². The zero-order chi connectivity index (χ0) is 20.1. The summed E-state index contributed by atoms with van der Waals surface area (Å²) in [5.41, 5.74) is 1.97. The number of halogens is 1. The molecule has 0 bridgehead atoms. The van der Waals surface area contributed by atoms with E-state index in [1.807, 2.05) is 14.1 Å². The van der Waals surface area contributed by atoms with Crippen LogP contribution in [0.5, 0.6) is 0 Å². The van der Waals surface area contributed by atoms with Crippen molar-refractivity contribution in [1.29, 1.82) is 0 Å². The van der Waals surface area contributed by atoms with Gasteiger partial charge in [-0.15, -0.1) is 0 Å². The summed E-state index contributed by atoms with van der Waals surface area (Å²) in [7, 11) is 3.98. The second-order valence-corrected chi connectivity index (χ2v) is 6.81. The van der Waals surface area contributed by atoms with Crippen molar-refractivity contribution in [1.82, 2.24) is 20.0 Å². The largest absolute Gasteiger partial charge is 0.352 e. The topological polar surface area (TPSA) is 70.1 Å². The van der Waals surface area contributed by atoms with Gasteiger partial charge in [-0.2, -0.15) is 0 Å². The van der Waals surface area contributed by atoms with E-state index in [4.69, 9.17) is 0 Å². The number of hydrogen-bond acceptors (Lipinski definition) is 3. The predicted molar refractivity (Wildman–Crippen MR) is 107 cm³/mol. The SMILES string of the molecule is CN(C)CCCNC(=O)c1ccc(-n2[nH]c(-c3cccc(F)c3)cc2=O)cc1. The summed E-state index contributed by atoms with van der Waals surface area (Å²) < 4.78 is 14.8. The number of benzene rings is 2. The molecule has 0 saturated heterocycles. The van der Waals surface area contributed by atoms with Crippen molar-refractivity contribution in [3.05, 3.63) is 76.3 Å². The predicted octanol–water partition coefficient (Wildman–Crippen LogP) is 2.65. The van der Waals surface area contributed by atoms with E-state index in [0.717, 1.165) is 13.0 Å². The number of hydrogen-bond donors (Lipinski definition) is 2. The van der Waals surface area contributed by atoms with Gasteiger partial charge in [-0.25, -0.2) is 9.07 Å². The molecule has 3 rings (SSSR count). The molecular weight excluding hydrogens is 359 g/mol. The Labute approximate surface area is 162 Å². The quantitative estimate of drug-likeness (QED) is 0.617. The highest BCUT2D eigenvalue weighted by atomic mass is 19.1. The maximum atomic E-state index is 13.4. The summed E-state index contributed by atoms with van der Waals surface area (Å²) in [6, 6.07) is 14.2. The molecule has 28 heavy (non-hydrogen) atoms. The normalized spacial score (nSPS) is 11.0. The Bertz CT molecular complexity index is 1010. The molecule has 146 valence electrons. The van der Waals surface area contributed by atoms with E-state index in [0.29, 0.717) is 29.1 Å². The van der Waals surface area contributed by atoms with Crippen molar-refractivity contribution < 1.29 is 9.18 Å². The number of nitrogens with zero attached hydrogens (tertiary/aromatic N) is 2. The number of aromatic amines is 1. The summed E-state index contributed by atoms with van der Waals surface area (Å²) in [5.74, 6) is -0.517. The molecule has 0 aliphatic rings. The van der Waals surface area contributed by atoms with Crippen LogP contribution < -0.4 is 10.9 Å². The van der Waals surface area contributed by atoms with Gasteiger partial charge in [0.25, 0.3) is 11.5 Å². The lowest BCUT2D eigenvalue weighted by atomic mass is 10.1. The van der Waals surface area contributed by atoms with Crippen molar-refractivity contribution in [2.75, 3.05) is 27.2 Å². The molecule has 0 spiro atoms. The number of aromatic nitrogens is 2. The molecule has 1 aromatic heterocycles. The van der Waals surface area contributed by atoms with Crippen molar-refractivity contribution in [2.24, 2.45) is 0 Å². The Morgan fingerprint density at radius 2 is 1.89 bits per heavy atom. The average molecular weight is 382 g/mol. The molecule has 6 nitrogen and oxygen atoms in total.